The van der Waals surface area contributed by atoms with Crippen molar-refractivity contribution < 1.29 is 4.48 Å². The first-order valence-electron chi connectivity index (χ1n) is 5.02. The van der Waals surface area contributed by atoms with Gasteiger partial charge < -0.3 is 4.48 Å². The molecule has 0 aromatic rings. The number of hydrogen-bond donors (Lipinski definition) is 0. The summed E-state index contributed by atoms with van der Waals surface area (Å²) in [5.74, 6) is 0. The summed E-state index contributed by atoms with van der Waals surface area (Å²) < 4.78 is 1.27. The lowest BCUT2D eigenvalue weighted by Crippen LogP contribution is -2.45. The van der Waals surface area contributed by atoms with Gasteiger partial charge in [-0.3, -0.25) is 0 Å². The van der Waals surface area contributed by atoms with Gasteiger partial charge in [0.2, 0.25) is 0 Å². The van der Waals surface area contributed by atoms with E-state index in [1.165, 1.54) is 43.4 Å². The van der Waals surface area contributed by atoms with E-state index >= 15 is 0 Å². The molecule has 0 bridgehead atoms. The van der Waals surface area contributed by atoms with E-state index in [-0.39, 0.29) is 8.41 Å². The minimum atomic E-state index is 0. The molecular formula is C10H28BN. The van der Waals surface area contributed by atoms with Crippen molar-refractivity contribution in [1.29, 1.82) is 0 Å². The number of unbranched alkanes of at least 4 members (excludes halogenated alkanes) is 1. The molecule has 0 N–H and O–H groups in total. The van der Waals surface area contributed by atoms with Crippen LogP contribution in [0.1, 0.15) is 40.0 Å². The van der Waals surface area contributed by atoms with Crippen molar-refractivity contribution in [3.05, 3.63) is 0 Å². The van der Waals surface area contributed by atoms with Crippen LogP contribution in [-0.4, -0.2) is 39.6 Å². The van der Waals surface area contributed by atoms with Gasteiger partial charge >= 0.3 is 0 Å². The van der Waals surface area contributed by atoms with Gasteiger partial charge in [-0.05, 0) is 19.8 Å². The fraction of sp³-hybridized carbons (Fsp3) is 1.00. The maximum Gasteiger partial charge on any atom is 0.0784 e. The van der Waals surface area contributed by atoms with Crippen molar-refractivity contribution in [2.45, 2.75) is 40.0 Å². The zero-order valence-corrected chi connectivity index (χ0v) is 8.69. The summed E-state index contributed by atoms with van der Waals surface area (Å²) in [4.78, 5) is 0. The Balaban J connectivity index is 0. The highest BCUT2D eigenvalue weighted by Crippen LogP contribution is 2.06. The lowest BCUT2D eigenvalue weighted by Gasteiger charge is -2.33. The predicted octanol–water partition coefficient (Wildman–Crippen LogP) is 1.21. The molecule has 0 aromatic carbocycles. The van der Waals surface area contributed by atoms with Gasteiger partial charge in [0.25, 0.3) is 0 Å². The minimum absolute atomic E-state index is 0. The van der Waals surface area contributed by atoms with Crippen molar-refractivity contribution in [2.75, 3.05) is 26.7 Å². The number of hydrogen-bond acceptors (Lipinski definition) is 0. The van der Waals surface area contributed by atoms with Gasteiger partial charge in [0.05, 0.1) is 26.7 Å². The molecule has 1 nitrogen and oxygen atoms in total. The van der Waals surface area contributed by atoms with Gasteiger partial charge in [0.1, 0.15) is 0 Å². The van der Waals surface area contributed by atoms with Crippen LogP contribution in [-0.2, 0) is 0 Å². The van der Waals surface area contributed by atoms with Crippen LogP contribution < -0.4 is 0 Å². The Labute approximate surface area is 80.3 Å². The van der Waals surface area contributed by atoms with Crippen molar-refractivity contribution in [1.82, 2.24) is 0 Å². The summed E-state index contributed by atoms with van der Waals surface area (Å²) in [6, 6.07) is 0. The van der Waals surface area contributed by atoms with E-state index in [0.717, 1.165) is 0 Å². The molecule has 0 aromatic heterocycles. The number of rotatable bonds is 6. The molecule has 0 aliphatic rings. The zero-order chi connectivity index (χ0) is 8.74. The Morgan fingerprint density at radius 1 is 0.917 bits per heavy atom. The van der Waals surface area contributed by atoms with Crippen LogP contribution in [0.25, 0.3) is 0 Å². The van der Waals surface area contributed by atoms with Crippen LogP contribution in [0.3, 0.4) is 0 Å². The average Bonchev–Trinajstić information content (AvgIpc) is 2.02. The first kappa shape index (κ1) is 14.5. The van der Waals surface area contributed by atoms with Crippen molar-refractivity contribution in [3.63, 3.8) is 0 Å². The lowest BCUT2D eigenvalue weighted by atomic mass is 10.2. The summed E-state index contributed by atoms with van der Waals surface area (Å²) in [6.45, 7) is 10.8. The maximum absolute atomic E-state index is 2.37. The zero-order valence-electron chi connectivity index (χ0n) is 8.69. The summed E-state index contributed by atoms with van der Waals surface area (Å²) >= 11 is 0. The van der Waals surface area contributed by atoms with E-state index in [2.05, 4.69) is 27.8 Å². The third-order valence-corrected chi connectivity index (χ3v) is 2.58. The third-order valence-electron chi connectivity index (χ3n) is 2.58. The van der Waals surface area contributed by atoms with Crippen LogP contribution in [0.2, 0.25) is 0 Å². The van der Waals surface area contributed by atoms with Crippen molar-refractivity contribution in [2.24, 2.45) is 0 Å². The molecule has 0 fully saturated rings. The summed E-state index contributed by atoms with van der Waals surface area (Å²) in [5.41, 5.74) is 0. The monoisotopic (exact) mass is 173 g/mol. The second-order valence-corrected chi connectivity index (χ2v) is 3.74. The Kier molecular flexibility index (Phi) is 9.29. The van der Waals surface area contributed by atoms with Crippen LogP contribution in [0, 0.1) is 0 Å². The van der Waals surface area contributed by atoms with Gasteiger partial charge in [0.15, 0.2) is 0 Å². The second-order valence-electron chi connectivity index (χ2n) is 3.74. The SMILES string of the molecule is CCCC[N+](C)(CC)CCC.[BH4-]. The molecule has 0 saturated carbocycles. The van der Waals surface area contributed by atoms with Crippen LogP contribution in [0.15, 0.2) is 0 Å². The topological polar surface area (TPSA) is 0 Å². The lowest BCUT2D eigenvalue weighted by molar-refractivity contribution is -0.908. The molecule has 0 amide bonds. The van der Waals surface area contributed by atoms with Crippen LogP contribution in [0.5, 0.6) is 0 Å². The Hall–Kier alpha value is 0.0249. The molecule has 0 aliphatic heterocycles. The molecule has 1 atom stereocenters. The normalized spacial score (nSPS) is 15.0. The first-order valence-corrected chi connectivity index (χ1v) is 5.02. The van der Waals surface area contributed by atoms with Gasteiger partial charge in [0, 0.05) is 0 Å². The predicted molar refractivity (Wildman–Crippen MR) is 63.0 cm³/mol. The van der Waals surface area contributed by atoms with E-state index in [1.807, 2.05) is 0 Å². The highest BCUT2D eigenvalue weighted by molar-refractivity contribution is 5.75. The molecule has 1 unspecified atom stereocenters. The third kappa shape index (κ3) is 5.65. The highest BCUT2D eigenvalue weighted by Gasteiger charge is 2.15. The van der Waals surface area contributed by atoms with Crippen molar-refractivity contribution >= 4 is 8.41 Å². The van der Waals surface area contributed by atoms with E-state index in [9.17, 15) is 0 Å². The van der Waals surface area contributed by atoms with Gasteiger partial charge in [-0.15, -0.1) is 0 Å². The van der Waals surface area contributed by atoms with Crippen LogP contribution in [0.4, 0.5) is 0 Å². The molecular weight excluding hydrogens is 145 g/mol. The Morgan fingerprint density at radius 2 is 1.50 bits per heavy atom. The first-order chi connectivity index (χ1) is 5.18. The number of quaternary nitrogens is 1. The number of nitrogens with zero attached hydrogens (tertiary/aromatic N) is 1. The molecule has 76 valence electrons. The van der Waals surface area contributed by atoms with Crippen LogP contribution >= 0.6 is 0 Å². The van der Waals surface area contributed by atoms with Gasteiger partial charge in [-0.25, -0.2) is 0 Å². The fourth-order valence-electron chi connectivity index (χ4n) is 1.51. The smallest absolute Gasteiger partial charge is 0.0784 e. The quantitative estimate of drug-likeness (QED) is 0.418. The standard InChI is InChI=1S/C10H24N.BH4/c1-5-8-10-11(4,7-3)9-6-2;/h5-10H2,1-4H3;1H4/q+1;-1. The molecule has 2 heteroatoms. The van der Waals surface area contributed by atoms with Gasteiger partial charge in [-0.1, -0.05) is 28.7 Å². The summed E-state index contributed by atoms with van der Waals surface area (Å²) in [5, 5.41) is 0. The van der Waals surface area contributed by atoms with E-state index in [1.54, 1.807) is 0 Å². The van der Waals surface area contributed by atoms with E-state index < -0.39 is 0 Å². The molecule has 0 heterocycles. The Bertz CT molecular complexity index is 95.8. The second kappa shape index (κ2) is 7.66. The Morgan fingerprint density at radius 3 is 1.83 bits per heavy atom. The molecule has 0 rings (SSSR count). The molecule has 12 heavy (non-hydrogen) atoms. The molecule has 0 saturated heterocycles. The fourth-order valence-corrected chi connectivity index (χ4v) is 1.51. The molecule has 0 radical (unpaired) electrons. The summed E-state index contributed by atoms with van der Waals surface area (Å²) in [7, 11) is 2.37. The average molecular weight is 173 g/mol. The van der Waals surface area contributed by atoms with Crippen molar-refractivity contribution in [3.8, 4) is 0 Å². The molecule has 0 spiro atoms. The van der Waals surface area contributed by atoms with E-state index in [0.29, 0.717) is 0 Å². The molecule has 0 aliphatic carbocycles. The highest BCUT2D eigenvalue weighted by atomic mass is 15.3. The van der Waals surface area contributed by atoms with E-state index in [4.69, 9.17) is 0 Å². The summed E-state index contributed by atoms with van der Waals surface area (Å²) in [6.07, 6.45) is 4.02. The largest absolute Gasteiger partial charge is 0.326 e. The minimum Gasteiger partial charge on any atom is -0.326 e. The maximum atomic E-state index is 2.37. The van der Waals surface area contributed by atoms with Gasteiger partial charge in [-0.2, -0.15) is 0 Å².